The molecule has 3 aromatic rings. The number of fused-ring (bicyclic) bond motifs is 1. The van der Waals surface area contributed by atoms with Crippen LogP contribution in [0.1, 0.15) is 48.4 Å². The number of aromatic amines is 1. The number of H-pyrrole nitrogens is 1. The first kappa shape index (κ1) is 21.5. The van der Waals surface area contributed by atoms with Crippen LogP contribution < -0.4 is 19.9 Å². The van der Waals surface area contributed by atoms with Gasteiger partial charge >= 0.3 is 0 Å². The molecule has 1 aliphatic heterocycles. The predicted octanol–water partition coefficient (Wildman–Crippen LogP) is 3.25. The van der Waals surface area contributed by atoms with E-state index in [1.807, 2.05) is 24.3 Å². The van der Waals surface area contributed by atoms with Gasteiger partial charge in [-0.3, -0.25) is 10.5 Å². The van der Waals surface area contributed by atoms with E-state index in [-0.39, 0.29) is 30.1 Å². The zero-order valence-corrected chi connectivity index (χ0v) is 17.9. The second kappa shape index (κ2) is 9.19. The highest BCUT2D eigenvalue weighted by Crippen LogP contribution is 2.39. The number of para-hydroxylation sites is 1. The minimum absolute atomic E-state index is 0.0156. The number of carbonyl (C=O) groups is 1. The lowest BCUT2D eigenvalue weighted by Crippen LogP contribution is -2.51. The van der Waals surface area contributed by atoms with Gasteiger partial charge in [-0.15, -0.1) is 10.2 Å². The summed E-state index contributed by atoms with van der Waals surface area (Å²) in [7, 11) is 0. The Bertz CT molecular complexity index is 1100. The van der Waals surface area contributed by atoms with E-state index >= 15 is 0 Å². The lowest BCUT2D eigenvalue weighted by atomic mass is 10.1. The van der Waals surface area contributed by atoms with E-state index in [1.54, 1.807) is 24.3 Å². The summed E-state index contributed by atoms with van der Waals surface area (Å²) in [6, 6.07) is 12.7. The van der Waals surface area contributed by atoms with Gasteiger partial charge in [0, 0.05) is 0 Å². The highest BCUT2D eigenvalue weighted by atomic mass is 16.6. The number of ether oxygens (including phenoxy) is 3. The van der Waals surface area contributed by atoms with E-state index < -0.39 is 5.72 Å². The number of allylic oxidation sites excluding steroid dienone is 1. The molecule has 1 aromatic heterocycles. The van der Waals surface area contributed by atoms with E-state index in [0.29, 0.717) is 11.3 Å². The van der Waals surface area contributed by atoms with Gasteiger partial charge in [0.15, 0.2) is 17.3 Å². The Morgan fingerprint density at radius 2 is 2.12 bits per heavy atom. The maximum Gasteiger partial charge on any atom is 0.257 e. The molecule has 2 aromatic carbocycles. The van der Waals surface area contributed by atoms with E-state index in [0.717, 1.165) is 24.2 Å². The average molecular weight is 435 g/mol. The van der Waals surface area contributed by atoms with Crippen LogP contribution in [-0.4, -0.2) is 39.1 Å². The summed E-state index contributed by atoms with van der Waals surface area (Å²) in [5, 5.41) is 13.6. The fourth-order valence-corrected chi connectivity index (χ4v) is 3.39. The molecule has 0 bridgehead atoms. The van der Waals surface area contributed by atoms with Crippen LogP contribution in [0, 0.1) is 0 Å². The van der Waals surface area contributed by atoms with Crippen LogP contribution in [0.4, 0.5) is 0 Å². The first-order valence-corrected chi connectivity index (χ1v) is 10.5. The Hall–Kier alpha value is -3.72. The molecular weight excluding hydrogens is 410 g/mol. The van der Waals surface area contributed by atoms with Crippen molar-refractivity contribution in [3.63, 3.8) is 0 Å². The van der Waals surface area contributed by atoms with Crippen LogP contribution in [0.2, 0.25) is 0 Å². The number of carbonyl (C=O) groups excluding carboxylic acids is 1. The molecule has 2 atom stereocenters. The maximum atomic E-state index is 12.9. The Labute approximate surface area is 185 Å². The summed E-state index contributed by atoms with van der Waals surface area (Å²) >= 11 is 0. The van der Waals surface area contributed by atoms with Gasteiger partial charge in [-0.25, -0.2) is 0 Å². The van der Waals surface area contributed by atoms with Crippen LogP contribution in [0.3, 0.4) is 0 Å². The van der Waals surface area contributed by atoms with Gasteiger partial charge in [0.05, 0.1) is 11.7 Å². The van der Waals surface area contributed by atoms with Crippen molar-refractivity contribution in [1.29, 1.82) is 0 Å². The number of nitrogens with one attached hydrogen (secondary N) is 1. The van der Waals surface area contributed by atoms with Crippen LogP contribution >= 0.6 is 0 Å². The molecule has 3 N–H and O–H groups in total. The lowest BCUT2D eigenvalue weighted by molar-refractivity contribution is -0.0154. The van der Waals surface area contributed by atoms with Crippen molar-refractivity contribution >= 4 is 11.9 Å². The molecule has 0 radical (unpaired) electrons. The third-order valence-corrected chi connectivity index (χ3v) is 5.03. The molecular formula is C23H25N5O4. The summed E-state index contributed by atoms with van der Waals surface area (Å²) < 4.78 is 17.5. The number of rotatable bonds is 8. The SMILES string of the molecule is CCCC(C)Oc1ccc(C=CC(=O)c2cccc3c2OC(N)(c2nn[nH]n2)CO3)cc1. The number of benzene rings is 2. The van der Waals surface area contributed by atoms with Crippen molar-refractivity contribution in [3.8, 4) is 17.2 Å². The minimum atomic E-state index is -1.45. The number of hydrogen-bond donors (Lipinski definition) is 2. The monoisotopic (exact) mass is 435 g/mol. The zero-order valence-electron chi connectivity index (χ0n) is 17.9. The topological polar surface area (TPSA) is 125 Å². The first-order valence-electron chi connectivity index (χ1n) is 10.5. The third kappa shape index (κ3) is 4.62. The van der Waals surface area contributed by atoms with Gasteiger partial charge in [-0.2, -0.15) is 5.21 Å². The van der Waals surface area contributed by atoms with E-state index in [2.05, 4.69) is 34.5 Å². The molecule has 2 unspecified atom stereocenters. The van der Waals surface area contributed by atoms with Crippen LogP contribution in [-0.2, 0) is 5.72 Å². The van der Waals surface area contributed by atoms with Crippen molar-refractivity contribution in [1.82, 2.24) is 20.6 Å². The minimum Gasteiger partial charge on any atom is -0.491 e. The predicted molar refractivity (Wildman–Crippen MR) is 117 cm³/mol. The Morgan fingerprint density at radius 1 is 1.31 bits per heavy atom. The molecule has 0 fully saturated rings. The average Bonchev–Trinajstić information content (AvgIpc) is 3.34. The van der Waals surface area contributed by atoms with Crippen molar-refractivity contribution in [3.05, 3.63) is 65.5 Å². The molecule has 166 valence electrons. The highest BCUT2D eigenvalue weighted by Gasteiger charge is 2.41. The second-order valence-corrected chi connectivity index (χ2v) is 7.63. The van der Waals surface area contributed by atoms with E-state index in [9.17, 15) is 4.79 Å². The number of aromatic nitrogens is 4. The van der Waals surface area contributed by atoms with E-state index in [4.69, 9.17) is 19.9 Å². The number of hydrogen-bond acceptors (Lipinski definition) is 8. The third-order valence-electron chi connectivity index (χ3n) is 5.03. The van der Waals surface area contributed by atoms with Crippen LogP contribution in [0.25, 0.3) is 6.08 Å². The van der Waals surface area contributed by atoms with Gasteiger partial charge in [0.25, 0.3) is 5.72 Å². The molecule has 0 spiro atoms. The zero-order chi connectivity index (χ0) is 22.6. The fraction of sp³-hybridized carbons (Fsp3) is 0.304. The van der Waals surface area contributed by atoms with Crippen LogP contribution in [0.5, 0.6) is 17.2 Å². The molecule has 32 heavy (non-hydrogen) atoms. The molecule has 9 nitrogen and oxygen atoms in total. The van der Waals surface area contributed by atoms with Gasteiger partial charge < -0.3 is 14.2 Å². The van der Waals surface area contributed by atoms with Crippen molar-refractivity contribution < 1.29 is 19.0 Å². The number of nitrogens with zero attached hydrogens (tertiary/aromatic N) is 3. The van der Waals surface area contributed by atoms with Gasteiger partial charge in [0.1, 0.15) is 12.4 Å². The molecule has 0 saturated carbocycles. The number of nitrogens with two attached hydrogens (primary N) is 1. The van der Waals surface area contributed by atoms with E-state index in [1.165, 1.54) is 6.08 Å². The molecule has 9 heteroatoms. The van der Waals surface area contributed by atoms with Gasteiger partial charge in [-0.1, -0.05) is 37.6 Å². The maximum absolute atomic E-state index is 12.9. The quantitative estimate of drug-likeness (QED) is 0.408. The number of ketones is 1. The standard InChI is InChI=1S/C23H25N5O4/c1-3-5-15(2)31-17-11-8-16(9-12-17)10-13-19(29)18-6-4-7-20-21(18)32-23(24,14-30-20)22-25-27-28-26-22/h4,6-13,15H,3,5,14,24H2,1-2H3,(H,25,26,27,28). The molecule has 1 aliphatic rings. The van der Waals surface area contributed by atoms with Gasteiger partial charge in [0.2, 0.25) is 5.82 Å². The normalized spacial score (nSPS) is 18.5. The summed E-state index contributed by atoms with van der Waals surface area (Å²) in [6.45, 7) is 4.17. The molecule has 0 saturated heterocycles. The largest absolute Gasteiger partial charge is 0.491 e. The van der Waals surface area contributed by atoms with Gasteiger partial charge in [-0.05, 0) is 54.5 Å². The van der Waals surface area contributed by atoms with Crippen LogP contribution in [0.15, 0.2) is 48.5 Å². The number of tetrazole rings is 1. The molecule has 2 heterocycles. The van der Waals surface area contributed by atoms with Crippen molar-refractivity contribution in [2.24, 2.45) is 5.73 Å². The summed E-state index contributed by atoms with van der Waals surface area (Å²) in [5.74, 6) is 1.36. The summed E-state index contributed by atoms with van der Waals surface area (Å²) in [4.78, 5) is 12.9. The molecule has 0 aliphatic carbocycles. The summed E-state index contributed by atoms with van der Waals surface area (Å²) in [6.07, 6.45) is 5.45. The molecule has 0 amide bonds. The second-order valence-electron chi connectivity index (χ2n) is 7.63. The summed E-state index contributed by atoms with van der Waals surface area (Å²) in [5.41, 5.74) is 6.01. The Morgan fingerprint density at radius 3 is 2.84 bits per heavy atom. The Kier molecular flexibility index (Phi) is 6.18. The highest BCUT2D eigenvalue weighted by molar-refractivity contribution is 6.09. The first-order chi connectivity index (χ1) is 15.5. The lowest BCUT2D eigenvalue weighted by Gasteiger charge is -2.33. The van der Waals surface area contributed by atoms with Crippen molar-refractivity contribution in [2.75, 3.05) is 6.61 Å². The van der Waals surface area contributed by atoms with Crippen molar-refractivity contribution in [2.45, 2.75) is 38.5 Å². The Balaban J connectivity index is 1.50. The fourth-order valence-electron chi connectivity index (χ4n) is 3.39. The smallest absolute Gasteiger partial charge is 0.257 e. The molecule has 4 rings (SSSR count).